The number of carbonyl (C=O) groups is 2. The topological polar surface area (TPSA) is 105 Å². The van der Waals surface area contributed by atoms with E-state index in [0.29, 0.717) is 38.9 Å². The number of rotatable bonds is 10. The van der Waals surface area contributed by atoms with Gasteiger partial charge >= 0.3 is 0 Å². The van der Waals surface area contributed by atoms with Crippen molar-refractivity contribution in [2.24, 2.45) is 0 Å². The summed E-state index contributed by atoms with van der Waals surface area (Å²) >= 11 is 0. The lowest BCUT2D eigenvalue weighted by Gasteiger charge is -2.41. The summed E-state index contributed by atoms with van der Waals surface area (Å²) in [5.41, 5.74) is 0. The normalized spacial score (nSPS) is 16.9. The second-order valence-electron chi connectivity index (χ2n) is 5.04. The molecule has 0 atom stereocenters. The van der Waals surface area contributed by atoms with Crippen LogP contribution < -0.4 is 0 Å². The fraction of sp³-hybridized carbons (Fsp3) is 0.857. The minimum atomic E-state index is 0.139. The van der Waals surface area contributed by atoms with Gasteiger partial charge in [-0.05, 0) is 6.42 Å². The minimum absolute atomic E-state index is 0.139. The summed E-state index contributed by atoms with van der Waals surface area (Å²) < 4.78 is 0. The van der Waals surface area contributed by atoms with E-state index in [1.807, 2.05) is 0 Å². The van der Waals surface area contributed by atoms with Crippen LogP contribution in [0.4, 0.5) is 0 Å². The van der Waals surface area contributed by atoms with Crippen molar-refractivity contribution >= 4 is 12.6 Å². The molecular formula is C14H29N3O5. The van der Waals surface area contributed by atoms with E-state index >= 15 is 0 Å². The van der Waals surface area contributed by atoms with Crippen molar-refractivity contribution in [3.63, 3.8) is 0 Å². The van der Waals surface area contributed by atoms with Crippen LogP contribution in [0.3, 0.4) is 0 Å². The SMILES string of the molecule is O=CCCCC=O.OCCN1CN(CCO)CN(CCO)C1. The Balaban J connectivity index is 0.000000534. The zero-order valence-electron chi connectivity index (χ0n) is 13.1. The molecule has 130 valence electrons. The molecule has 8 heteroatoms. The van der Waals surface area contributed by atoms with Gasteiger partial charge in [-0.25, -0.2) is 0 Å². The van der Waals surface area contributed by atoms with Crippen molar-refractivity contribution < 1.29 is 24.9 Å². The Morgan fingerprint density at radius 3 is 1.23 bits per heavy atom. The van der Waals surface area contributed by atoms with Gasteiger partial charge in [-0.2, -0.15) is 0 Å². The fourth-order valence-electron chi connectivity index (χ4n) is 2.12. The molecule has 0 aromatic rings. The molecule has 0 unspecified atom stereocenters. The van der Waals surface area contributed by atoms with E-state index in [-0.39, 0.29) is 19.8 Å². The molecule has 0 radical (unpaired) electrons. The molecule has 0 aromatic heterocycles. The summed E-state index contributed by atoms with van der Waals surface area (Å²) in [7, 11) is 0. The van der Waals surface area contributed by atoms with Gasteiger partial charge in [-0.1, -0.05) is 0 Å². The van der Waals surface area contributed by atoms with E-state index in [9.17, 15) is 9.59 Å². The molecular weight excluding hydrogens is 290 g/mol. The number of carbonyl (C=O) groups excluding carboxylic acids is 2. The molecule has 22 heavy (non-hydrogen) atoms. The Kier molecular flexibility index (Phi) is 14.4. The molecule has 0 bridgehead atoms. The molecule has 1 aliphatic heterocycles. The molecule has 1 aliphatic rings. The van der Waals surface area contributed by atoms with Crippen LogP contribution >= 0.6 is 0 Å². The van der Waals surface area contributed by atoms with Gasteiger partial charge in [0.15, 0.2) is 0 Å². The number of hydrogen-bond acceptors (Lipinski definition) is 8. The number of aldehydes is 2. The largest absolute Gasteiger partial charge is 0.395 e. The summed E-state index contributed by atoms with van der Waals surface area (Å²) in [6.07, 6.45) is 3.37. The molecule has 1 heterocycles. The predicted octanol–water partition coefficient (Wildman–Crippen LogP) is -1.69. The lowest BCUT2D eigenvalue weighted by atomic mass is 10.3. The highest BCUT2D eigenvalue weighted by molar-refractivity contribution is 5.52. The van der Waals surface area contributed by atoms with E-state index in [2.05, 4.69) is 14.7 Å². The number of aliphatic hydroxyl groups is 3. The van der Waals surface area contributed by atoms with Crippen LogP contribution in [-0.4, -0.2) is 102 Å². The highest BCUT2D eigenvalue weighted by Crippen LogP contribution is 2.06. The van der Waals surface area contributed by atoms with E-state index in [1.165, 1.54) is 0 Å². The molecule has 0 saturated carbocycles. The van der Waals surface area contributed by atoms with Crippen molar-refractivity contribution in [1.82, 2.24) is 14.7 Å². The average Bonchev–Trinajstić information content (AvgIpc) is 2.49. The van der Waals surface area contributed by atoms with Gasteiger partial charge in [-0.3, -0.25) is 14.7 Å². The maximum Gasteiger partial charge on any atom is 0.120 e. The van der Waals surface area contributed by atoms with Crippen molar-refractivity contribution in [2.75, 3.05) is 59.5 Å². The van der Waals surface area contributed by atoms with Gasteiger partial charge in [0.05, 0.1) is 39.8 Å². The Morgan fingerprint density at radius 1 is 0.682 bits per heavy atom. The molecule has 0 aliphatic carbocycles. The third-order valence-corrected chi connectivity index (χ3v) is 3.09. The van der Waals surface area contributed by atoms with Crippen molar-refractivity contribution in [2.45, 2.75) is 19.3 Å². The molecule has 0 amide bonds. The molecule has 0 spiro atoms. The lowest BCUT2D eigenvalue weighted by Crippen LogP contribution is -2.56. The number of β-amino-alcohol motifs (C(OH)–C–C–N with tert-alkyl or cyclic N) is 3. The van der Waals surface area contributed by atoms with Crippen molar-refractivity contribution in [3.8, 4) is 0 Å². The minimum Gasteiger partial charge on any atom is -0.395 e. The third kappa shape index (κ3) is 10.8. The van der Waals surface area contributed by atoms with Crippen LogP contribution in [-0.2, 0) is 9.59 Å². The van der Waals surface area contributed by atoms with Crippen LogP contribution in [0.5, 0.6) is 0 Å². The first-order chi connectivity index (χ1) is 10.7. The summed E-state index contributed by atoms with van der Waals surface area (Å²) in [6.45, 7) is 4.60. The number of unbranched alkanes of at least 4 members (excludes halogenated alkanes) is 2. The zero-order chi connectivity index (χ0) is 16.6. The first-order valence-electron chi connectivity index (χ1n) is 7.58. The quantitative estimate of drug-likeness (QED) is 0.324. The second-order valence-corrected chi connectivity index (χ2v) is 5.04. The van der Waals surface area contributed by atoms with Gasteiger partial charge in [-0.15, -0.1) is 0 Å². The number of hydrogen-bond donors (Lipinski definition) is 3. The molecule has 1 fully saturated rings. The van der Waals surface area contributed by atoms with Gasteiger partial charge in [0.25, 0.3) is 0 Å². The second kappa shape index (κ2) is 15.0. The molecule has 3 N–H and O–H groups in total. The van der Waals surface area contributed by atoms with Gasteiger partial charge in [0.1, 0.15) is 12.6 Å². The third-order valence-electron chi connectivity index (χ3n) is 3.09. The van der Waals surface area contributed by atoms with Gasteiger partial charge in [0, 0.05) is 32.5 Å². The van der Waals surface area contributed by atoms with Crippen LogP contribution in [0.2, 0.25) is 0 Å². The standard InChI is InChI=1S/C9H21N3O3.C5H8O2/c13-4-1-10-7-11(2-5-14)9-12(8-10)3-6-15;6-4-2-1-3-5-7/h13-15H,1-9H2;4-5H,1-3H2. The molecule has 1 rings (SSSR count). The van der Waals surface area contributed by atoms with Crippen LogP contribution in [0, 0.1) is 0 Å². The van der Waals surface area contributed by atoms with Crippen LogP contribution in [0.15, 0.2) is 0 Å². The smallest absolute Gasteiger partial charge is 0.120 e. The Labute approximate surface area is 131 Å². The van der Waals surface area contributed by atoms with Crippen molar-refractivity contribution in [1.29, 1.82) is 0 Å². The van der Waals surface area contributed by atoms with E-state index in [1.54, 1.807) is 0 Å². The maximum atomic E-state index is 9.56. The van der Waals surface area contributed by atoms with E-state index < -0.39 is 0 Å². The van der Waals surface area contributed by atoms with Gasteiger partial charge in [0.2, 0.25) is 0 Å². The van der Waals surface area contributed by atoms with Crippen molar-refractivity contribution in [3.05, 3.63) is 0 Å². The van der Waals surface area contributed by atoms with E-state index in [0.717, 1.165) is 32.6 Å². The van der Waals surface area contributed by atoms with E-state index in [4.69, 9.17) is 15.3 Å². The van der Waals surface area contributed by atoms with Crippen LogP contribution in [0.1, 0.15) is 19.3 Å². The Morgan fingerprint density at radius 2 is 1.00 bits per heavy atom. The highest BCUT2D eigenvalue weighted by atomic mass is 16.3. The molecule has 0 aromatic carbocycles. The van der Waals surface area contributed by atoms with Crippen LogP contribution in [0.25, 0.3) is 0 Å². The summed E-state index contributed by atoms with van der Waals surface area (Å²) in [5, 5.41) is 26.6. The summed E-state index contributed by atoms with van der Waals surface area (Å²) in [4.78, 5) is 25.4. The Bertz CT molecular complexity index is 239. The number of nitrogens with zero attached hydrogens (tertiary/aromatic N) is 3. The average molecular weight is 319 g/mol. The monoisotopic (exact) mass is 319 g/mol. The first-order valence-corrected chi connectivity index (χ1v) is 7.58. The Hall–Kier alpha value is -0.900. The zero-order valence-corrected chi connectivity index (χ0v) is 13.1. The first kappa shape index (κ1) is 21.1. The lowest BCUT2D eigenvalue weighted by molar-refractivity contribution is -0.108. The molecule has 1 saturated heterocycles. The summed E-state index contributed by atoms with van der Waals surface area (Å²) in [5.74, 6) is 0. The maximum absolute atomic E-state index is 9.56. The van der Waals surface area contributed by atoms with Gasteiger partial charge < -0.3 is 24.9 Å². The summed E-state index contributed by atoms with van der Waals surface area (Å²) in [6, 6.07) is 0. The highest BCUT2D eigenvalue weighted by Gasteiger charge is 2.21. The number of aliphatic hydroxyl groups excluding tert-OH is 3. The molecule has 8 nitrogen and oxygen atoms in total. The predicted molar refractivity (Wildman–Crippen MR) is 82.0 cm³/mol. The fourth-order valence-corrected chi connectivity index (χ4v) is 2.12.